The van der Waals surface area contributed by atoms with E-state index in [2.05, 4.69) is 51.3 Å². The minimum absolute atomic E-state index is 0.0866. The lowest BCUT2D eigenvalue weighted by Gasteiger charge is -2.17. The molecule has 6 nitrogen and oxygen atoms in total. The van der Waals surface area contributed by atoms with E-state index in [0.29, 0.717) is 54.1 Å². The second-order valence-corrected chi connectivity index (χ2v) is 15.8. The fourth-order valence-electron chi connectivity index (χ4n) is 9.98. The van der Waals surface area contributed by atoms with Crippen molar-refractivity contribution in [1.82, 2.24) is 8.80 Å². The number of aromatic nitrogens is 2. The van der Waals surface area contributed by atoms with Gasteiger partial charge in [0.25, 0.3) is 0 Å². The number of hydrogen-bond acceptors (Lipinski definition) is 4. The third kappa shape index (κ3) is 4.26. The first-order valence-corrected chi connectivity index (χ1v) is 19.9. The van der Waals surface area contributed by atoms with Crippen molar-refractivity contribution in [2.45, 2.75) is 0 Å². The van der Waals surface area contributed by atoms with Gasteiger partial charge in [0.2, 0.25) is 0 Å². The lowest BCUT2D eigenvalue weighted by atomic mass is 9.90. The molecule has 0 saturated heterocycles. The zero-order valence-electron chi connectivity index (χ0n) is 31.7. The zero-order chi connectivity index (χ0) is 40.0. The summed E-state index contributed by atoms with van der Waals surface area (Å²) in [5.74, 6) is 0. The molecule has 0 amide bonds. The maximum atomic E-state index is 14.5. The van der Waals surface area contributed by atoms with Crippen LogP contribution in [-0.4, -0.2) is 8.80 Å². The van der Waals surface area contributed by atoms with Gasteiger partial charge < -0.3 is 8.80 Å². The smallest absolute Gasteiger partial charge is 0.197 e. The Morgan fingerprint density at radius 3 is 1.27 bits per heavy atom. The van der Waals surface area contributed by atoms with Gasteiger partial charge in [0.1, 0.15) is 0 Å². The molecule has 0 saturated carbocycles. The molecular formula is C54H28N2O4. The number of pyridine rings is 4. The van der Waals surface area contributed by atoms with Crippen molar-refractivity contribution in [3.63, 3.8) is 0 Å². The van der Waals surface area contributed by atoms with E-state index >= 15 is 0 Å². The molecule has 0 unspecified atom stereocenters. The minimum atomic E-state index is -0.129. The summed E-state index contributed by atoms with van der Waals surface area (Å²) in [6.07, 6.45) is 0. The first-order chi connectivity index (χ1) is 29.4. The Bertz CT molecular complexity index is 4340. The van der Waals surface area contributed by atoms with Gasteiger partial charge in [0, 0.05) is 43.1 Å². The summed E-state index contributed by atoms with van der Waals surface area (Å²) in [7, 11) is 0. The average Bonchev–Trinajstić information content (AvgIpc) is 3.30. The minimum Gasteiger partial charge on any atom is -0.308 e. The van der Waals surface area contributed by atoms with Gasteiger partial charge in [0.05, 0.1) is 33.1 Å². The van der Waals surface area contributed by atoms with Gasteiger partial charge in [0.15, 0.2) is 21.7 Å². The second kappa shape index (κ2) is 11.7. The highest BCUT2D eigenvalue weighted by Crippen LogP contribution is 2.39. The predicted octanol–water partition coefficient (Wildman–Crippen LogP) is 11.1. The summed E-state index contributed by atoms with van der Waals surface area (Å²) in [5.41, 5.74) is 7.39. The molecule has 6 heteroatoms. The SMILES string of the molecule is O=c1c2ccccc2n2c3ccc(-c4cc(-c5ccc6c(c5)c(=O)c5cccc7c(=O)c8ccccc8n6c75)c5cc6ccccc6cc5c4)cc3c(=O)c3cccc1c32. The summed E-state index contributed by atoms with van der Waals surface area (Å²) in [5, 5.41) is 8.59. The molecule has 0 fully saturated rings. The Labute approximate surface area is 338 Å². The summed E-state index contributed by atoms with van der Waals surface area (Å²) in [6, 6.07) is 55.0. The highest BCUT2D eigenvalue weighted by Gasteiger charge is 2.20. The molecule has 60 heavy (non-hydrogen) atoms. The summed E-state index contributed by atoms with van der Waals surface area (Å²) in [6.45, 7) is 0. The molecule has 0 aliphatic carbocycles. The summed E-state index contributed by atoms with van der Waals surface area (Å²) < 4.78 is 4.12. The van der Waals surface area contributed by atoms with Gasteiger partial charge >= 0.3 is 0 Å². The summed E-state index contributed by atoms with van der Waals surface area (Å²) >= 11 is 0. The van der Waals surface area contributed by atoms with Crippen LogP contribution in [-0.2, 0) is 0 Å². The third-order valence-corrected chi connectivity index (χ3v) is 12.7. The molecule has 0 N–H and O–H groups in total. The zero-order valence-corrected chi connectivity index (χ0v) is 31.7. The molecule has 4 aromatic heterocycles. The number of benzene rings is 9. The predicted molar refractivity (Wildman–Crippen MR) is 247 cm³/mol. The monoisotopic (exact) mass is 768 g/mol. The highest BCUT2D eigenvalue weighted by atomic mass is 16.1. The Morgan fingerprint density at radius 1 is 0.267 bits per heavy atom. The normalized spacial score (nSPS) is 12.3. The Kier molecular flexibility index (Phi) is 6.39. The van der Waals surface area contributed by atoms with Gasteiger partial charge in [-0.1, -0.05) is 72.8 Å². The lowest BCUT2D eigenvalue weighted by Crippen LogP contribution is -2.14. The highest BCUT2D eigenvalue weighted by molar-refractivity contribution is 6.12. The number of hydrogen-bond donors (Lipinski definition) is 0. The van der Waals surface area contributed by atoms with Crippen LogP contribution in [0.4, 0.5) is 0 Å². The standard InChI is InChI=1S/C54H28N2O4/c57-51-35-11-3-5-17-45(35)55-47-21-19-31(26-43(47)53(59)39-15-7-13-37(51)49(39)55)33-24-34-23-29-9-1-2-10-30(29)25-42(34)41(28-33)32-20-22-48-44(27-32)54(60)40-16-8-14-38-50(40)56(48)46-18-6-4-12-36(46)52(38)58/h1-28H. The van der Waals surface area contributed by atoms with Gasteiger partial charge in [-0.2, -0.15) is 0 Å². The second-order valence-electron chi connectivity index (χ2n) is 15.8. The quantitative estimate of drug-likeness (QED) is 0.130. The number of para-hydroxylation sites is 4. The van der Waals surface area contributed by atoms with E-state index < -0.39 is 0 Å². The topological polar surface area (TPSA) is 77.1 Å². The molecule has 0 atom stereocenters. The van der Waals surface area contributed by atoms with Crippen molar-refractivity contribution < 1.29 is 0 Å². The van der Waals surface area contributed by atoms with Crippen molar-refractivity contribution in [3.05, 3.63) is 211 Å². The Hall–Kier alpha value is -8.22. The molecule has 13 rings (SSSR count). The van der Waals surface area contributed by atoms with Crippen molar-refractivity contribution in [2.75, 3.05) is 0 Å². The van der Waals surface area contributed by atoms with Crippen LogP contribution < -0.4 is 21.7 Å². The fraction of sp³-hybridized carbons (Fsp3) is 0. The van der Waals surface area contributed by atoms with Crippen molar-refractivity contribution in [1.29, 1.82) is 0 Å². The van der Waals surface area contributed by atoms with Crippen LogP contribution in [0, 0.1) is 0 Å². The van der Waals surface area contributed by atoms with E-state index in [1.54, 1.807) is 30.3 Å². The largest absolute Gasteiger partial charge is 0.308 e. The van der Waals surface area contributed by atoms with Gasteiger partial charge in [-0.25, -0.2) is 0 Å². The molecule has 9 aromatic carbocycles. The van der Waals surface area contributed by atoms with Gasteiger partial charge in [-0.05, 0) is 141 Å². The van der Waals surface area contributed by atoms with Crippen molar-refractivity contribution >= 4 is 97.7 Å². The summed E-state index contributed by atoms with van der Waals surface area (Å²) in [4.78, 5) is 56.2. The van der Waals surface area contributed by atoms with Crippen LogP contribution in [0.2, 0.25) is 0 Å². The van der Waals surface area contributed by atoms with Crippen LogP contribution >= 0.6 is 0 Å². The molecule has 0 spiro atoms. The maximum absolute atomic E-state index is 14.5. The molecule has 278 valence electrons. The van der Waals surface area contributed by atoms with E-state index in [0.717, 1.165) is 65.9 Å². The van der Waals surface area contributed by atoms with Crippen molar-refractivity contribution in [2.24, 2.45) is 0 Å². The van der Waals surface area contributed by atoms with Crippen LogP contribution in [0.1, 0.15) is 0 Å². The van der Waals surface area contributed by atoms with Crippen LogP contribution in [0.25, 0.3) is 120 Å². The number of nitrogens with zero attached hydrogens (tertiary/aromatic N) is 2. The molecular weight excluding hydrogens is 741 g/mol. The van der Waals surface area contributed by atoms with Gasteiger partial charge in [-0.3, -0.25) is 19.2 Å². The number of rotatable bonds is 2. The van der Waals surface area contributed by atoms with Crippen molar-refractivity contribution in [3.8, 4) is 22.3 Å². The van der Waals surface area contributed by atoms with E-state index in [1.165, 1.54) is 0 Å². The maximum Gasteiger partial charge on any atom is 0.197 e. The fourth-order valence-corrected chi connectivity index (χ4v) is 9.98. The molecule has 0 bridgehead atoms. The lowest BCUT2D eigenvalue weighted by molar-refractivity contribution is 1.31. The van der Waals surface area contributed by atoms with E-state index in [4.69, 9.17) is 0 Å². The molecule has 0 radical (unpaired) electrons. The van der Waals surface area contributed by atoms with Crippen LogP contribution in [0.5, 0.6) is 0 Å². The first-order valence-electron chi connectivity index (χ1n) is 19.9. The third-order valence-electron chi connectivity index (χ3n) is 12.7. The van der Waals surface area contributed by atoms with E-state index in [-0.39, 0.29) is 21.7 Å². The first kappa shape index (κ1) is 32.8. The Balaban J connectivity index is 1.11. The van der Waals surface area contributed by atoms with Crippen LogP contribution in [0.15, 0.2) is 189 Å². The molecule has 0 aliphatic heterocycles. The van der Waals surface area contributed by atoms with E-state index in [1.807, 2.05) is 97.1 Å². The molecule has 0 aliphatic rings. The number of fused-ring (bicyclic) bond motifs is 10. The Morgan fingerprint density at radius 2 is 0.700 bits per heavy atom. The van der Waals surface area contributed by atoms with Crippen LogP contribution in [0.3, 0.4) is 0 Å². The molecule has 13 aromatic rings. The molecule has 4 heterocycles. The average molecular weight is 769 g/mol. The van der Waals surface area contributed by atoms with E-state index in [9.17, 15) is 19.2 Å². The van der Waals surface area contributed by atoms with Gasteiger partial charge in [-0.15, -0.1) is 0 Å².